The summed E-state index contributed by atoms with van der Waals surface area (Å²) in [5.41, 5.74) is 2.06. The molecule has 1 amide bonds. The van der Waals surface area contributed by atoms with Crippen LogP contribution in [0.5, 0.6) is 0 Å². The smallest absolute Gasteiger partial charge is 0.267 e. The number of rotatable bonds is 5. The average molecular weight is 442 g/mol. The van der Waals surface area contributed by atoms with Crippen molar-refractivity contribution in [2.75, 3.05) is 5.32 Å². The minimum Gasteiger partial charge on any atom is -0.324 e. The van der Waals surface area contributed by atoms with Crippen molar-refractivity contribution >= 4 is 34.3 Å². The van der Waals surface area contributed by atoms with Crippen molar-refractivity contribution in [3.8, 4) is 11.9 Å². The number of carbonyl (C=O) groups excluding carboxylic acids is 1. The number of hydrogen-bond acceptors (Lipinski definition) is 6. The van der Waals surface area contributed by atoms with Crippen molar-refractivity contribution in [1.29, 1.82) is 5.26 Å². The number of thioether (sulfide) groups is 1. The molecule has 0 aliphatic heterocycles. The van der Waals surface area contributed by atoms with E-state index in [2.05, 4.69) is 21.4 Å². The number of nitriles is 1. The zero-order valence-electron chi connectivity index (χ0n) is 17.4. The molecule has 158 valence electrons. The van der Waals surface area contributed by atoms with Gasteiger partial charge < -0.3 is 5.32 Å². The second-order valence-corrected chi connectivity index (χ2v) is 8.46. The second-order valence-electron chi connectivity index (χ2n) is 7.15. The first kappa shape index (κ1) is 21.3. The van der Waals surface area contributed by atoms with Crippen LogP contribution in [0.4, 0.5) is 5.69 Å². The molecular formula is C24H19N5O2S. The number of nitrogens with zero attached hydrogens (tertiary/aromatic N) is 4. The first-order valence-electron chi connectivity index (χ1n) is 9.89. The van der Waals surface area contributed by atoms with Gasteiger partial charge in [0, 0.05) is 6.20 Å². The third-order valence-corrected chi connectivity index (χ3v) is 5.88. The molecule has 0 saturated heterocycles. The third-order valence-electron chi connectivity index (χ3n) is 4.83. The maximum atomic E-state index is 13.3. The van der Waals surface area contributed by atoms with E-state index in [-0.39, 0.29) is 11.5 Å². The zero-order valence-corrected chi connectivity index (χ0v) is 18.3. The quantitative estimate of drug-likeness (QED) is 0.370. The maximum absolute atomic E-state index is 13.3. The van der Waals surface area contributed by atoms with Gasteiger partial charge in [-0.05, 0) is 55.8 Å². The molecule has 4 aromatic rings. The summed E-state index contributed by atoms with van der Waals surface area (Å²) in [5.74, 6) is 0.141. The van der Waals surface area contributed by atoms with Gasteiger partial charge in [0.2, 0.25) is 5.91 Å². The van der Waals surface area contributed by atoms with E-state index in [1.54, 1.807) is 61.7 Å². The number of pyridine rings is 1. The first-order chi connectivity index (χ1) is 15.5. The van der Waals surface area contributed by atoms with Gasteiger partial charge in [0.1, 0.15) is 11.9 Å². The molecule has 2 heterocycles. The van der Waals surface area contributed by atoms with Crippen molar-refractivity contribution < 1.29 is 4.79 Å². The van der Waals surface area contributed by atoms with Gasteiger partial charge in [-0.25, -0.2) is 14.5 Å². The Kier molecular flexibility index (Phi) is 6.01. The standard InChI is InChI=1S/C24H19N5O2S/c1-15-11-12-26-21(13-15)29-23(31)18-8-4-6-10-20(18)28-24(29)32-16(2)22(30)27-19-9-5-3-7-17(19)14-25/h3-13,16H,1-2H3,(H,27,30). The van der Waals surface area contributed by atoms with E-state index in [1.165, 1.54) is 4.57 Å². The van der Waals surface area contributed by atoms with Crippen LogP contribution >= 0.6 is 11.8 Å². The largest absolute Gasteiger partial charge is 0.324 e. The number of nitrogens with one attached hydrogen (secondary N) is 1. The third kappa shape index (κ3) is 4.24. The molecule has 1 N–H and O–H groups in total. The Morgan fingerprint density at radius 3 is 2.69 bits per heavy atom. The SMILES string of the molecule is Cc1ccnc(-n2c(SC(C)C(=O)Nc3ccccc3C#N)nc3ccccc3c2=O)c1. The summed E-state index contributed by atoms with van der Waals surface area (Å²) in [6.45, 7) is 3.64. The highest BCUT2D eigenvalue weighted by Gasteiger charge is 2.21. The molecule has 0 aliphatic rings. The van der Waals surface area contributed by atoms with Crippen molar-refractivity contribution in [2.24, 2.45) is 0 Å². The Morgan fingerprint density at radius 2 is 1.91 bits per heavy atom. The summed E-state index contributed by atoms with van der Waals surface area (Å²) in [7, 11) is 0. The van der Waals surface area contributed by atoms with Crippen molar-refractivity contribution in [1.82, 2.24) is 14.5 Å². The number of anilines is 1. The van der Waals surface area contributed by atoms with Crippen LogP contribution in [-0.2, 0) is 4.79 Å². The fraction of sp³-hybridized carbons (Fsp3) is 0.125. The van der Waals surface area contributed by atoms with Gasteiger partial charge in [0.25, 0.3) is 5.56 Å². The number of aryl methyl sites for hydroxylation is 1. The van der Waals surface area contributed by atoms with Crippen LogP contribution in [0.3, 0.4) is 0 Å². The van der Waals surface area contributed by atoms with Crippen LogP contribution in [-0.4, -0.2) is 25.7 Å². The van der Waals surface area contributed by atoms with Gasteiger partial charge in [-0.15, -0.1) is 0 Å². The fourth-order valence-electron chi connectivity index (χ4n) is 3.17. The van der Waals surface area contributed by atoms with E-state index in [0.29, 0.717) is 33.1 Å². The molecule has 0 saturated carbocycles. The summed E-state index contributed by atoms with van der Waals surface area (Å²) >= 11 is 1.16. The average Bonchev–Trinajstić information content (AvgIpc) is 2.79. The molecule has 8 heteroatoms. The molecule has 1 unspecified atom stereocenters. The lowest BCUT2D eigenvalue weighted by Crippen LogP contribution is -2.27. The van der Waals surface area contributed by atoms with E-state index >= 15 is 0 Å². The summed E-state index contributed by atoms with van der Waals surface area (Å²) in [5, 5.41) is 12.3. The summed E-state index contributed by atoms with van der Waals surface area (Å²) < 4.78 is 1.44. The summed E-state index contributed by atoms with van der Waals surface area (Å²) in [6, 6.07) is 19.6. The molecule has 4 rings (SSSR count). The molecule has 0 radical (unpaired) electrons. The van der Waals surface area contributed by atoms with E-state index in [4.69, 9.17) is 0 Å². The predicted molar refractivity (Wildman–Crippen MR) is 125 cm³/mol. The highest BCUT2D eigenvalue weighted by atomic mass is 32.2. The van der Waals surface area contributed by atoms with Crippen LogP contribution in [0.2, 0.25) is 0 Å². The van der Waals surface area contributed by atoms with Gasteiger partial charge in [-0.2, -0.15) is 5.26 Å². The molecule has 0 fully saturated rings. The van der Waals surface area contributed by atoms with Crippen LogP contribution < -0.4 is 10.9 Å². The van der Waals surface area contributed by atoms with E-state index < -0.39 is 5.25 Å². The number of aromatic nitrogens is 3. The van der Waals surface area contributed by atoms with Crippen molar-refractivity contribution in [3.05, 3.63) is 88.3 Å². The van der Waals surface area contributed by atoms with Gasteiger partial charge in [-0.1, -0.05) is 36.0 Å². The second kappa shape index (κ2) is 9.04. The fourth-order valence-corrected chi connectivity index (χ4v) is 4.09. The number of amides is 1. The van der Waals surface area contributed by atoms with Crippen molar-refractivity contribution in [2.45, 2.75) is 24.3 Å². The van der Waals surface area contributed by atoms with Gasteiger partial charge in [0.15, 0.2) is 5.16 Å². The van der Waals surface area contributed by atoms with Crippen LogP contribution in [0.25, 0.3) is 16.7 Å². The molecule has 2 aromatic heterocycles. The molecule has 2 aromatic carbocycles. The lowest BCUT2D eigenvalue weighted by Gasteiger charge is -2.16. The zero-order chi connectivity index (χ0) is 22.7. The number of hydrogen-bond donors (Lipinski definition) is 1. The topological polar surface area (TPSA) is 101 Å². The van der Waals surface area contributed by atoms with Crippen LogP contribution in [0.1, 0.15) is 18.1 Å². The highest BCUT2D eigenvalue weighted by Crippen LogP contribution is 2.26. The molecule has 0 bridgehead atoms. The Labute approximate surface area is 188 Å². The number of fused-ring (bicyclic) bond motifs is 1. The molecule has 7 nitrogen and oxygen atoms in total. The minimum absolute atomic E-state index is 0.251. The van der Waals surface area contributed by atoms with E-state index in [0.717, 1.165) is 17.3 Å². The first-order valence-corrected chi connectivity index (χ1v) is 10.8. The molecule has 32 heavy (non-hydrogen) atoms. The Bertz CT molecular complexity index is 1420. The molecule has 1 atom stereocenters. The lowest BCUT2D eigenvalue weighted by atomic mass is 10.2. The summed E-state index contributed by atoms with van der Waals surface area (Å²) in [6.07, 6.45) is 1.63. The summed E-state index contributed by atoms with van der Waals surface area (Å²) in [4.78, 5) is 35.2. The van der Waals surface area contributed by atoms with Gasteiger partial charge in [0.05, 0.1) is 27.4 Å². The Hall–Kier alpha value is -3.96. The Balaban J connectivity index is 1.73. The predicted octanol–water partition coefficient (Wildman–Crippen LogP) is 4.08. The van der Waals surface area contributed by atoms with E-state index in [9.17, 15) is 14.9 Å². The number of para-hydroxylation sites is 2. The lowest BCUT2D eigenvalue weighted by molar-refractivity contribution is -0.115. The number of carbonyl (C=O) groups is 1. The minimum atomic E-state index is -0.592. The Morgan fingerprint density at radius 1 is 1.16 bits per heavy atom. The molecular weight excluding hydrogens is 422 g/mol. The van der Waals surface area contributed by atoms with Crippen LogP contribution in [0, 0.1) is 18.3 Å². The highest BCUT2D eigenvalue weighted by molar-refractivity contribution is 8.00. The van der Waals surface area contributed by atoms with Gasteiger partial charge >= 0.3 is 0 Å². The van der Waals surface area contributed by atoms with Crippen molar-refractivity contribution in [3.63, 3.8) is 0 Å². The van der Waals surface area contributed by atoms with Gasteiger partial charge in [-0.3, -0.25) is 9.59 Å². The number of benzene rings is 2. The maximum Gasteiger partial charge on any atom is 0.267 e. The van der Waals surface area contributed by atoms with Crippen LogP contribution in [0.15, 0.2) is 76.8 Å². The molecule has 0 spiro atoms. The van der Waals surface area contributed by atoms with E-state index in [1.807, 2.05) is 19.1 Å². The monoisotopic (exact) mass is 441 g/mol. The normalized spacial score (nSPS) is 11.7. The molecule has 0 aliphatic carbocycles.